The Labute approximate surface area is 127 Å². The highest BCUT2D eigenvalue weighted by atomic mass is 35.5. The molecular formula is C13H14Cl2N4O. The molecular weight excluding hydrogens is 299 g/mol. The molecule has 1 atom stereocenters. The fourth-order valence-corrected chi connectivity index (χ4v) is 2.30. The van der Waals surface area contributed by atoms with Gasteiger partial charge in [0.1, 0.15) is 5.75 Å². The second-order valence-corrected chi connectivity index (χ2v) is 4.85. The smallest absolute Gasteiger partial charge is 0.137 e. The van der Waals surface area contributed by atoms with E-state index in [1.54, 1.807) is 18.5 Å². The molecule has 2 aromatic rings. The number of hydrogen-bond acceptors (Lipinski definition) is 5. The average molecular weight is 313 g/mol. The Morgan fingerprint density at radius 2 is 2.10 bits per heavy atom. The largest absolute Gasteiger partial charge is 0.492 e. The van der Waals surface area contributed by atoms with Crippen molar-refractivity contribution in [2.45, 2.75) is 13.0 Å². The van der Waals surface area contributed by atoms with Gasteiger partial charge in [0, 0.05) is 12.4 Å². The topological polar surface area (TPSA) is 73.1 Å². The number of hydrazine groups is 1. The molecule has 0 aromatic carbocycles. The van der Waals surface area contributed by atoms with E-state index < -0.39 is 6.04 Å². The van der Waals surface area contributed by atoms with Gasteiger partial charge in [0.25, 0.3) is 0 Å². The standard InChI is InChI=1S/C13H14Cl2N4O/c1-2-20-10-3-8(5-17-7-10)12(19-16)13-11(15)4-9(14)6-18-13/h3-7,12,19H,2,16H2,1H3. The zero-order valence-electron chi connectivity index (χ0n) is 10.8. The van der Waals surface area contributed by atoms with Gasteiger partial charge in [0.15, 0.2) is 0 Å². The Kier molecular flexibility index (Phi) is 5.14. The first-order chi connectivity index (χ1) is 9.65. The normalized spacial score (nSPS) is 12.2. The highest BCUT2D eigenvalue weighted by Gasteiger charge is 2.18. The minimum absolute atomic E-state index is 0.396. The Morgan fingerprint density at radius 3 is 2.75 bits per heavy atom. The van der Waals surface area contributed by atoms with Crippen molar-refractivity contribution in [2.75, 3.05) is 6.61 Å². The van der Waals surface area contributed by atoms with Gasteiger partial charge in [-0.05, 0) is 24.6 Å². The average Bonchev–Trinajstić information content (AvgIpc) is 2.43. The van der Waals surface area contributed by atoms with E-state index in [0.29, 0.717) is 28.1 Å². The monoisotopic (exact) mass is 312 g/mol. The van der Waals surface area contributed by atoms with Crippen molar-refractivity contribution in [1.82, 2.24) is 15.4 Å². The Bertz CT molecular complexity index is 594. The lowest BCUT2D eigenvalue weighted by Gasteiger charge is -2.17. The number of rotatable bonds is 5. The highest BCUT2D eigenvalue weighted by molar-refractivity contribution is 6.34. The number of halogens is 2. The van der Waals surface area contributed by atoms with Crippen LogP contribution in [0.1, 0.15) is 24.2 Å². The third kappa shape index (κ3) is 3.37. The van der Waals surface area contributed by atoms with E-state index in [1.165, 1.54) is 6.20 Å². The van der Waals surface area contributed by atoms with Crippen LogP contribution >= 0.6 is 23.2 Å². The maximum absolute atomic E-state index is 6.16. The fourth-order valence-electron chi connectivity index (χ4n) is 1.81. The van der Waals surface area contributed by atoms with Crippen molar-refractivity contribution >= 4 is 23.2 Å². The molecule has 0 amide bonds. The highest BCUT2D eigenvalue weighted by Crippen LogP contribution is 2.28. The minimum atomic E-state index is -0.396. The van der Waals surface area contributed by atoms with Gasteiger partial charge in [-0.25, -0.2) is 5.43 Å². The van der Waals surface area contributed by atoms with E-state index in [4.69, 9.17) is 33.8 Å². The molecule has 2 heterocycles. The second-order valence-electron chi connectivity index (χ2n) is 4.01. The number of hydrogen-bond donors (Lipinski definition) is 2. The summed E-state index contributed by atoms with van der Waals surface area (Å²) in [6.45, 7) is 2.47. The number of pyridine rings is 2. The third-order valence-electron chi connectivity index (χ3n) is 2.66. The molecule has 3 N–H and O–H groups in total. The lowest BCUT2D eigenvalue weighted by Crippen LogP contribution is -2.29. The summed E-state index contributed by atoms with van der Waals surface area (Å²) in [4.78, 5) is 8.35. The molecule has 0 radical (unpaired) electrons. The summed E-state index contributed by atoms with van der Waals surface area (Å²) in [5.74, 6) is 6.28. The first kappa shape index (κ1) is 15.0. The van der Waals surface area contributed by atoms with Crippen LogP contribution in [0.5, 0.6) is 5.75 Å². The molecule has 0 fully saturated rings. The van der Waals surface area contributed by atoms with E-state index in [2.05, 4.69) is 15.4 Å². The van der Waals surface area contributed by atoms with Gasteiger partial charge >= 0.3 is 0 Å². The maximum Gasteiger partial charge on any atom is 0.137 e. The molecule has 106 valence electrons. The molecule has 5 nitrogen and oxygen atoms in total. The lowest BCUT2D eigenvalue weighted by atomic mass is 10.1. The number of nitrogens with one attached hydrogen (secondary N) is 1. The van der Waals surface area contributed by atoms with E-state index in [1.807, 2.05) is 13.0 Å². The van der Waals surface area contributed by atoms with Crippen molar-refractivity contribution in [3.8, 4) is 5.75 Å². The van der Waals surface area contributed by atoms with Crippen molar-refractivity contribution in [3.05, 3.63) is 52.0 Å². The van der Waals surface area contributed by atoms with Gasteiger partial charge in [-0.2, -0.15) is 0 Å². The summed E-state index contributed by atoms with van der Waals surface area (Å²) in [5.41, 5.74) is 4.06. The van der Waals surface area contributed by atoms with Crippen LogP contribution in [-0.4, -0.2) is 16.6 Å². The molecule has 0 aliphatic heterocycles. The van der Waals surface area contributed by atoms with Crippen LogP contribution in [0, 0.1) is 0 Å². The molecule has 20 heavy (non-hydrogen) atoms. The van der Waals surface area contributed by atoms with Gasteiger partial charge in [0.2, 0.25) is 0 Å². The molecule has 0 saturated heterocycles. The van der Waals surface area contributed by atoms with Crippen LogP contribution in [0.4, 0.5) is 0 Å². The second kappa shape index (κ2) is 6.85. The van der Waals surface area contributed by atoms with Crippen LogP contribution < -0.4 is 16.0 Å². The van der Waals surface area contributed by atoms with E-state index >= 15 is 0 Å². The van der Waals surface area contributed by atoms with Crippen LogP contribution in [-0.2, 0) is 0 Å². The molecule has 0 aliphatic carbocycles. The summed E-state index contributed by atoms with van der Waals surface area (Å²) >= 11 is 12.0. The maximum atomic E-state index is 6.16. The molecule has 2 rings (SSSR count). The summed E-state index contributed by atoms with van der Waals surface area (Å²) < 4.78 is 5.42. The summed E-state index contributed by atoms with van der Waals surface area (Å²) in [7, 11) is 0. The predicted octanol–water partition coefficient (Wildman–Crippen LogP) is 2.73. The molecule has 0 aliphatic rings. The van der Waals surface area contributed by atoms with Gasteiger partial charge in [-0.3, -0.25) is 15.8 Å². The molecule has 7 heteroatoms. The zero-order valence-corrected chi connectivity index (χ0v) is 12.3. The van der Waals surface area contributed by atoms with Crippen molar-refractivity contribution in [3.63, 3.8) is 0 Å². The Hall–Kier alpha value is -1.40. The molecule has 0 saturated carbocycles. The van der Waals surface area contributed by atoms with E-state index in [-0.39, 0.29) is 0 Å². The van der Waals surface area contributed by atoms with Crippen LogP contribution in [0.3, 0.4) is 0 Å². The predicted molar refractivity (Wildman–Crippen MR) is 78.8 cm³/mol. The van der Waals surface area contributed by atoms with Crippen LogP contribution in [0.15, 0.2) is 30.7 Å². The molecule has 0 spiro atoms. The number of ether oxygens (including phenoxy) is 1. The summed E-state index contributed by atoms with van der Waals surface area (Å²) in [6, 6.07) is 3.07. The molecule has 2 aromatic heterocycles. The number of nitrogens with two attached hydrogens (primary N) is 1. The van der Waals surface area contributed by atoms with Gasteiger partial charge in [0.05, 0.1) is 34.6 Å². The molecule has 0 bridgehead atoms. The first-order valence-electron chi connectivity index (χ1n) is 6.00. The Morgan fingerprint density at radius 1 is 1.30 bits per heavy atom. The van der Waals surface area contributed by atoms with Gasteiger partial charge in [-0.15, -0.1) is 0 Å². The molecule has 1 unspecified atom stereocenters. The van der Waals surface area contributed by atoms with E-state index in [9.17, 15) is 0 Å². The van der Waals surface area contributed by atoms with Crippen molar-refractivity contribution < 1.29 is 4.74 Å². The zero-order chi connectivity index (χ0) is 14.5. The summed E-state index contributed by atoms with van der Waals surface area (Å²) in [6.07, 6.45) is 4.84. The summed E-state index contributed by atoms with van der Waals surface area (Å²) in [5, 5.41) is 0.901. The van der Waals surface area contributed by atoms with E-state index in [0.717, 1.165) is 5.56 Å². The third-order valence-corrected chi connectivity index (χ3v) is 3.16. The number of aromatic nitrogens is 2. The minimum Gasteiger partial charge on any atom is -0.492 e. The van der Waals surface area contributed by atoms with Crippen molar-refractivity contribution in [2.24, 2.45) is 5.84 Å². The van der Waals surface area contributed by atoms with Gasteiger partial charge in [-0.1, -0.05) is 23.2 Å². The van der Waals surface area contributed by atoms with Gasteiger partial charge < -0.3 is 4.74 Å². The SMILES string of the molecule is CCOc1cncc(C(NN)c2ncc(Cl)cc2Cl)c1. The quantitative estimate of drug-likeness (QED) is 0.656. The lowest BCUT2D eigenvalue weighted by molar-refractivity contribution is 0.338. The Balaban J connectivity index is 2.38. The van der Waals surface area contributed by atoms with Crippen molar-refractivity contribution in [1.29, 1.82) is 0 Å². The number of nitrogens with zero attached hydrogens (tertiary/aromatic N) is 2. The first-order valence-corrected chi connectivity index (χ1v) is 6.76. The fraction of sp³-hybridized carbons (Fsp3) is 0.231. The van der Waals surface area contributed by atoms with Crippen LogP contribution in [0.2, 0.25) is 10.0 Å². The van der Waals surface area contributed by atoms with Crippen LogP contribution in [0.25, 0.3) is 0 Å².